The molecule has 1 N–H and O–H groups in total. The van der Waals surface area contributed by atoms with Crippen molar-refractivity contribution in [3.8, 4) is 0 Å². The van der Waals surface area contributed by atoms with E-state index in [1.165, 1.54) is 12.1 Å². The second-order valence-corrected chi connectivity index (χ2v) is 5.01. The molecule has 1 amide bonds. The number of halogens is 1. The molecule has 21 heavy (non-hydrogen) atoms. The number of piperazine rings is 1. The molecule has 0 bridgehead atoms. The predicted molar refractivity (Wildman–Crippen MR) is 77.3 cm³/mol. The standard InChI is InChI=1S/C16H16FN3O/c17-14-5-3-12(4-6-14)15-11-19-8-9-20(15)16(21)13-2-1-7-18-10-13/h1-7,10,15,19H,8-9,11H2. The molecule has 0 aliphatic carbocycles. The number of carbonyl (C=O) groups excluding carboxylic acids is 1. The molecule has 1 aromatic carbocycles. The predicted octanol–water partition coefficient (Wildman–Crippen LogP) is 2.01. The van der Waals surface area contributed by atoms with E-state index in [-0.39, 0.29) is 17.8 Å². The number of nitrogens with zero attached hydrogens (tertiary/aromatic N) is 2. The van der Waals surface area contributed by atoms with Crippen molar-refractivity contribution in [2.24, 2.45) is 0 Å². The van der Waals surface area contributed by atoms with Gasteiger partial charge in [-0.25, -0.2) is 4.39 Å². The van der Waals surface area contributed by atoms with Crippen LogP contribution in [0.25, 0.3) is 0 Å². The van der Waals surface area contributed by atoms with Crippen molar-refractivity contribution >= 4 is 5.91 Å². The average molecular weight is 285 g/mol. The minimum atomic E-state index is -0.271. The fourth-order valence-electron chi connectivity index (χ4n) is 2.59. The van der Waals surface area contributed by atoms with Crippen molar-refractivity contribution in [2.75, 3.05) is 19.6 Å². The van der Waals surface area contributed by atoms with Crippen molar-refractivity contribution < 1.29 is 9.18 Å². The lowest BCUT2D eigenvalue weighted by Gasteiger charge is -2.36. The maximum absolute atomic E-state index is 13.1. The van der Waals surface area contributed by atoms with Gasteiger partial charge in [0.05, 0.1) is 11.6 Å². The van der Waals surface area contributed by atoms with Gasteiger partial charge in [-0.05, 0) is 29.8 Å². The fraction of sp³-hybridized carbons (Fsp3) is 0.250. The van der Waals surface area contributed by atoms with Crippen molar-refractivity contribution in [1.82, 2.24) is 15.2 Å². The van der Waals surface area contributed by atoms with Gasteiger partial charge in [0.2, 0.25) is 0 Å². The summed E-state index contributed by atoms with van der Waals surface area (Å²) < 4.78 is 13.1. The Morgan fingerprint density at radius 3 is 2.81 bits per heavy atom. The molecule has 3 rings (SSSR count). The normalized spacial score (nSPS) is 18.5. The monoisotopic (exact) mass is 285 g/mol. The third-order valence-electron chi connectivity index (χ3n) is 3.67. The van der Waals surface area contributed by atoms with Gasteiger partial charge in [-0.3, -0.25) is 9.78 Å². The van der Waals surface area contributed by atoms with Crippen LogP contribution in [0.3, 0.4) is 0 Å². The zero-order valence-electron chi connectivity index (χ0n) is 11.5. The highest BCUT2D eigenvalue weighted by atomic mass is 19.1. The van der Waals surface area contributed by atoms with Crippen LogP contribution in [0.1, 0.15) is 22.0 Å². The highest BCUT2D eigenvalue weighted by Crippen LogP contribution is 2.24. The van der Waals surface area contributed by atoms with Gasteiger partial charge < -0.3 is 10.2 Å². The first-order valence-corrected chi connectivity index (χ1v) is 6.93. The minimum absolute atomic E-state index is 0.0427. The topological polar surface area (TPSA) is 45.2 Å². The van der Waals surface area contributed by atoms with Crippen LogP contribution in [0, 0.1) is 5.82 Å². The van der Waals surface area contributed by atoms with Crippen LogP contribution in [-0.4, -0.2) is 35.4 Å². The molecule has 1 atom stereocenters. The molecule has 1 aliphatic rings. The summed E-state index contributed by atoms with van der Waals surface area (Å²) in [5.41, 5.74) is 1.51. The Balaban J connectivity index is 1.88. The van der Waals surface area contributed by atoms with Gasteiger partial charge in [0.15, 0.2) is 0 Å². The molecule has 0 radical (unpaired) electrons. The van der Waals surface area contributed by atoms with E-state index in [2.05, 4.69) is 10.3 Å². The third kappa shape index (κ3) is 2.92. The number of carbonyl (C=O) groups is 1. The molecule has 1 saturated heterocycles. The zero-order chi connectivity index (χ0) is 14.7. The Kier molecular flexibility index (Phi) is 3.92. The second-order valence-electron chi connectivity index (χ2n) is 5.01. The van der Waals surface area contributed by atoms with Gasteiger partial charge in [0.1, 0.15) is 5.82 Å². The van der Waals surface area contributed by atoms with Crippen LogP contribution < -0.4 is 5.32 Å². The van der Waals surface area contributed by atoms with Crippen LogP contribution in [0.15, 0.2) is 48.8 Å². The van der Waals surface area contributed by atoms with Crippen LogP contribution in [0.2, 0.25) is 0 Å². The van der Waals surface area contributed by atoms with Gasteiger partial charge in [-0.1, -0.05) is 12.1 Å². The first kappa shape index (κ1) is 13.7. The first-order chi connectivity index (χ1) is 10.3. The third-order valence-corrected chi connectivity index (χ3v) is 3.67. The van der Waals surface area contributed by atoms with E-state index in [0.717, 1.165) is 12.1 Å². The summed E-state index contributed by atoms with van der Waals surface area (Å²) in [7, 11) is 0. The van der Waals surface area contributed by atoms with Crippen LogP contribution in [0.4, 0.5) is 4.39 Å². The lowest BCUT2D eigenvalue weighted by Crippen LogP contribution is -2.48. The van der Waals surface area contributed by atoms with Gasteiger partial charge in [0, 0.05) is 32.0 Å². The average Bonchev–Trinajstić information content (AvgIpc) is 2.56. The van der Waals surface area contributed by atoms with Crippen molar-refractivity contribution in [3.05, 3.63) is 65.7 Å². The lowest BCUT2D eigenvalue weighted by molar-refractivity contribution is 0.0634. The van der Waals surface area contributed by atoms with Crippen LogP contribution in [-0.2, 0) is 0 Å². The van der Waals surface area contributed by atoms with Crippen LogP contribution >= 0.6 is 0 Å². The Morgan fingerprint density at radius 2 is 2.10 bits per heavy atom. The van der Waals surface area contributed by atoms with E-state index in [4.69, 9.17) is 0 Å². The molecule has 4 nitrogen and oxygen atoms in total. The molecular weight excluding hydrogens is 269 g/mol. The molecule has 0 saturated carbocycles. The number of amides is 1. The molecule has 5 heteroatoms. The zero-order valence-corrected chi connectivity index (χ0v) is 11.5. The van der Waals surface area contributed by atoms with Gasteiger partial charge in [0.25, 0.3) is 5.91 Å². The maximum atomic E-state index is 13.1. The SMILES string of the molecule is O=C(c1cccnc1)N1CCNCC1c1ccc(F)cc1. The number of rotatable bonds is 2. The number of hydrogen-bond donors (Lipinski definition) is 1. The molecule has 2 heterocycles. The number of pyridine rings is 1. The highest BCUT2D eigenvalue weighted by molar-refractivity contribution is 5.94. The quantitative estimate of drug-likeness (QED) is 0.918. The minimum Gasteiger partial charge on any atom is -0.329 e. The summed E-state index contributed by atoms with van der Waals surface area (Å²) in [6.07, 6.45) is 3.22. The van der Waals surface area contributed by atoms with Gasteiger partial charge in [-0.2, -0.15) is 0 Å². The van der Waals surface area contributed by atoms with E-state index in [1.54, 1.807) is 36.7 Å². The number of benzene rings is 1. The van der Waals surface area contributed by atoms with Crippen molar-refractivity contribution in [2.45, 2.75) is 6.04 Å². The van der Waals surface area contributed by atoms with Crippen molar-refractivity contribution in [1.29, 1.82) is 0 Å². The second kappa shape index (κ2) is 6.01. The van der Waals surface area contributed by atoms with E-state index in [9.17, 15) is 9.18 Å². The summed E-state index contributed by atoms with van der Waals surface area (Å²) >= 11 is 0. The highest BCUT2D eigenvalue weighted by Gasteiger charge is 2.28. The summed E-state index contributed by atoms with van der Waals surface area (Å²) in [5.74, 6) is -0.313. The summed E-state index contributed by atoms with van der Waals surface area (Å²) in [6, 6.07) is 9.74. The summed E-state index contributed by atoms with van der Waals surface area (Å²) in [4.78, 5) is 18.5. The Bertz CT molecular complexity index is 615. The number of nitrogens with one attached hydrogen (secondary N) is 1. The molecule has 1 aliphatic heterocycles. The number of aromatic nitrogens is 1. The maximum Gasteiger partial charge on any atom is 0.256 e. The Morgan fingerprint density at radius 1 is 1.29 bits per heavy atom. The van der Waals surface area contributed by atoms with Gasteiger partial charge in [-0.15, -0.1) is 0 Å². The van der Waals surface area contributed by atoms with E-state index in [1.807, 2.05) is 4.90 Å². The van der Waals surface area contributed by atoms with Crippen molar-refractivity contribution in [3.63, 3.8) is 0 Å². The fourth-order valence-corrected chi connectivity index (χ4v) is 2.59. The smallest absolute Gasteiger partial charge is 0.256 e. The Labute approximate surface area is 122 Å². The molecule has 0 spiro atoms. The van der Waals surface area contributed by atoms with E-state index < -0.39 is 0 Å². The lowest BCUT2D eigenvalue weighted by atomic mass is 10.0. The van der Waals surface area contributed by atoms with E-state index >= 15 is 0 Å². The Hall–Kier alpha value is -2.27. The largest absolute Gasteiger partial charge is 0.329 e. The van der Waals surface area contributed by atoms with Gasteiger partial charge >= 0.3 is 0 Å². The molecule has 1 fully saturated rings. The first-order valence-electron chi connectivity index (χ1n) is 6.93. The molecule has 1 aromatic heterocycles. The summed E-state index contributed by atoms with van der Waals surface area (Å²) in [5, 5.41) is 3.28. The van der Waals surface area contributed by atoms with Crippen LogP contribution in [0.5, 0.6) is 0 Å². The molecule has 108 valence electrons. The molecule has 2 aromatic rings. The molecular formula is C16H16FN3O. The molecule has 1 unspecified atom stereocenters. The number of hydrogen-bond acceptors (Lipinski definition) is 3. The summed E-state index contributed by atoms with van der Waals surface area (Å²) in [6.45, 7) is 2.04. The van der Waals surface area contributed by atoms with E-state index in [0.29, 0.717) is 18.7 Å².